The average Bonchev–Trinajstić information content (AvgIpc) is 2.46. The average molecular weight is 287 g/mol. The number of rotatable bonds is 15. The van der Waals surface area contributed by atoms with Gasteiger partial charge in [0.1, 0.15) is 0 Å². The van der Waals surface area contributed by atoms with E-state index in [9.17, 15) is 4.79 Å². The SMILES string of the molecule is CCCCOC(CC[C]=O)(OCCCC)OCCCC. The van der Waals surface area contributed by atoms with Gasteiger partial charge in [-0.3, -0.25) is 4.79 Å². The van der Waals surface area contributed by atoms with Crippen molar-refractivity contribution < 1.29 is 19.0 Å². The minimum atomic E-state index is -1.06. The molecule has 0 fully saturated rings. The van der Waals surface area contributed by atoms with E-state index in [1.54, 1.807) is 0 Å². The Hall–Kier alpha value is -0.450. The van der Waals surface area contributed by atoms with Crippen LogP contribution < -0.4 is 0 Å². The van der Waals surface area contributed by atoms with E-state index in [2.05, 4.69) is 20.8 Å². The first-order valence-electron chi connectivity index (χ1n) is 8.01. The molecule has 119 valence electrons. The van der Waals surface area contributed by atoms with Crippen molar-refractivity contribution >= 4 is 6.29 Å². The van der Waals surface area contributed by atoms with Crippen LogP contribution in [0.4, 0.5) is 0 Å². The molecule has 0 aliphatic carbocycles. The van der Waals surface area contributed by atoms with Crippen molar-refractivity contribution in [1.29, 1.82) is 0 Å². The van der Waals surface area contributed by atoms with E-state index < -0.39 is 5.97 Å². The molecule has 0 aliphatic heterocycles. The van der Waals surface area contributed by atoms with Gasteiger partial charge in [-0.2, -0.15) is 0 Å². The molecule has 0 aliphatic rings. The largest absolute Gasteiger partial charge is 0.327 e. The second-order valence-corrected chi connectivity index (χ2v) is 4.93. The van der Waals surface area contributed by atoms with Crippen LogP contribution in [0, 0.1) is 0 Å². The highest BCUT2D eigenvalue weighted by molar-refractivity contribution is 5.50. The molecule has 0 spiro atoms. The highest BCUT2D eigenvalue weighted by atomic mass is 16.9. The quantitative estimate of drug-likeness (QED) is 0.337. The monoisotopic (exact) mass is 287 g/mol. The molecule has 0 aromatic rings. The minimum Gasteiger partial charge on any atom is -0.327 e. The first-order valence-corrected chi connectivity index (χ1v) is 8.01. The molecular formula is C16H31O4. The molecule has 0 saturated carbocycles. The summed E-state index contributed by atoms with van der Waals surface area (Å²) in [6.45, 7) is 8.11. The van der Waals surface area contributed by atoms with Gasteiger partial charge in [0.15, 0.2) is 6.29 Å². The van der Waals surface area contributed by atoms with Gasteiger partial charge >= 0.3 is 0 Å². The third-order valence-electron chi connectivity index (χ3n) is 2.99. The fourth-order valence-corrected chi connectivity index (χ4v) is 1.66. The van der Waals surface area contributed by atoms with Gasteiger partial charge in [0.25, 0.3) is 5.97 Å². The third kappa shape index (κ3) is 9.45. The Labute approximate surface area is 124 Å². The standard InChI is InChI=1S/C16H31O4/c1-4-7-13-18-16(11-10-12-17,19-14-8-5-2)20-15-9-6-3/h4-11,13-15H2,1-3H3. The number of unbranched alkanes of at least 4 members (excludes halogenated alkanes) is 3. The van der Waals surface area contributed by atoms with Gasteiger partial charge in [-0.25, -0.2) is 0 Å². The molecule has 0 atom stereocenters. The molecule has 0 aromatic heterocycles. The van der Waals surface area contributed by atoms with Crippen LogP contribution >= 0.6 is 0 Å². The summed E-state index contributed by atoms with van der Waals surface area (Å²) < 4.78 is 17.5. The summed E-state index contributed by atoms with van der Waals surface area (Å²) in [6.07, 6.45) is 8.63. The Morgan fingerprint density at radius 2 is 1.20 bits per heavy atom. The van der Waals surface area contributed by atoms with Crippen molar-refractivity contribution in [3.8, 4) is 0 Å². The summed E-state index contributed by atoms with van der Waals surface area (Å²) in [5.74, 6) is -1.06. The van der Waals surface area contributed by atoms with Crippen LogP contribution in [0.2, 0.25) is 0 Å². The van der Waals surface area contributed by atoms with E-state index in [1.165, 1.54) is 0 Å². The van der Waals surface area contributed by atoms with Crippen LogP contribution in [0.25, 0.3) is 0 Å². The third-order valence-corrected chi connectivity index (χ3v) is 2.99. The molecule has 1 radical (unpaired) electrons. The molecule has 4 nitrogen and oxygen atoms in total. The zero-order valence-electron chi connectivity index (χ0n) is 13.4. The Kier molecular flexibility index (Phi) is 13.2. The molecular weight excluding hydrogens is 256 g/mol. The number of ether oxygens (including phenoxy) is 3. The van der Waals surface area contributed by atoms with Gasteiger partial charge in [0.2, 0.25) is 0 Å². The Balaban J connectivity index is 4.51. The lowest BCUT2D eigenvalue weighted by atomic mass is 10.2. The van der Waals surface area contributed by atoms with Crippen LogP contribution in [-0.2, 0) is 19.0 Å². The molecule has 0 N–H and O–H groups in total. The van der Waals surface area contributed by atoms with Crippen molar-refractivity contribution in [2.45, 2.75) is 78.1 Å². The van der Waals surface area contributed by atoms with Gasteiger partial charge in [0.05, 0.1) is 19.8 Å². The van der Waals surface area contributed by atoms with Crippen LogP contribution in [0.3, 0.4) is 0 Å². The van der Waals surface area contributed by atoms with E-state index in [0.717, 1.165) is 38.5 Å². The molecule has 0 unspecified atom stereocenters. The highest BCUT2D eigenvalue weighted by Gasteiger charge is 2.33. The first-order chi connectivity index (χ1) is 9.74. The highest BCUT2D eigenvalue weighted by Crippen LogP contribution is 2.23. The van der Waals surface area contributed by atoms with Gasteiger partial charge in [0, 0.05) is 12.8 Å². The lowest BCUT2D eigenvalue weighted by Gasteiger charge is -2.33. The maximum absolute atomic E-state index is 10.5. The predicted molar refractivity (Wildman–Crippen MR) is 80.2 cm³/mol. The zero-order valence-corrected chi connectivity index (χ0v) is 13.4. The van der Waals surface area contributed by atoms with Gasteiger partial charge < -0.3 is 14.2 Å². The molecule has 0 amide bonds. The number of hydrogen-bond donors (Lipinski definition) is 0. The first kappa shape index (κ1) is 19.6. The molecule has 0 aromatic carbocycles. The van der Waals surface area contributed by atoms with E-state index in [4.69, 9.17) is 14.2 Å². The fourth-order valence-electron chi connectivity index (χ4n) is 1.66. The summed E-state index contributed by atoms with van der Waals surface area (Å²) in [5.41, 5.74) is 0. The van der Waals surface area contributed by atoms with Crippen LogP contribution in [0.5, 0.6) is 0 Å². The molecule has 0 bridgehead atoms. The van der Waals surface area contributed by atoms with Crippen molar-refractivity contribution in [2.24, 2.45) is 0 Å². The normalized spacial score (nSPS) is 11.8. The van der Waals surface area contributed by atoms with Crippen molar-refractivity contribution in [1.82, 2.24) is 0 Å². The van der Waals surface area contributed by atoms with E-state index in [1.807, 2.05) is 6.29 Å². The maximum Gasteiger partial charge on any atom is 0.283 e. The molecule has 0 heterocycles. The smallest absolute Gasteiger partial charge is 0.283 e. The number of carbonyl (C=O) groups excluding carboxylic acids is 1. The second kappa shape index (κ2) is 13.5. The molecule has 4 heteroatoms. The lowest BCUT2D eigenvalue weighted by molar-refractivity contribution is -0.383. The van der Waals surface area contributed by atoms with Crippen LogP contribution in [0.1, 0.15) is 72.1 Å². The molecule has 20 heavy (non-hydrogen) atoms. The van der Waals surface area contributed by atoms with E-state index >= 15 is 0 Å². The van der Waals surface area contributed by atoms with Crippen molar-refractivity contribution in [3.63, 3.8) is 0 Å². The summed E-state index contributed by atoms with van der Waals surface area (Å²) in [7, 11) is 0. The molecule has 0 saturated heterocycles. The Morgan fingerprint density at radius 1 is 0.800 bits per heavy atom. The van der Waals surface area contributed by atoms with E-state index in [0.29, 0.717) is 26.2 Å². The lowest BCUT2D eigenvalue weighted by Crippen LogP contribution is -2.40. The van der Waals surface area contributed by atoms with Crippen LogP contribution in [-0.4, -0.2) is 32.1 Å². The summed E-state index contributed by atoms with van der Waals surface area (Å²) >= 11 is 0. The van der Waals surface area contributed by atoms with Crippen LogP contribution in [0.15, 0.2) is 0 Å². The summed E-state index contributed by atoms with van der Waals surface area (Å²) in [6, 6.07) is 0. The number of hydrogen-bond acceptors (Lipinski definition) is 4. The van der Waals surface area contributed by atoms with Crippen molar-refractivity contribution in [3.05, 3.63) is 0 Å². The second-order valence-electron chi connectivity index (χ2n) is 4.93. The topological polar surface area (TPSA) is 44.8 Å². The van der Waals surface area contributed by atoms with Gasteiger partial charge in [-0.15, -0.1) is 0 Å². The fraction of sp³-hybridized carbons (Fsp3) is 0.938. The zero-order chi connectivity index (χ0) is 15.1. The Morgan fingerprint density at radius 3 is 1.50 bits per heavy atom. The van der Waals surface area contributed by atoms with Gasteiger partial charge in [-0.1, -0.05) is 40.0 Å². The van der Waals surface area contributed by atoms with Gasteiger partial charge in [-0.05, 0) is 19.3 Å². The summed E-state index contributed by atoms with van der Waals surface area (Å²) in [5, 5.41) is 0. The minimum absolute atomic E-state index is 0.268. The van der Waals surface area contributed by atoms with E-state index in [-0.39, 0.29) is 6.42 Å². The Bertz CT molecular complexity index is 192. The maximum atomic E-state index is 10.5. The molecule has 0 rings (SSSR count). The van der Waals surface area contributed by atoms with Crippen molar-refractivity contribution in [2.75, 3.05) is 19.8 Å². The summed E-state index contributed by atoms with van der Waals surface area (Å²) in [4.78, 5) is 10.5. The predicted octanol–water partition coefficient (Wildman–Crippen LogP) is 3.98.